The van der Waals surface area contributed by atoms with E-state index in [0.29, 0.717) is 25.4 Å². The molecule has 0 aromatic heterocycles. The van der Waals surface area contributed by atoms with Crippen LogP contribution in [0.3, 0.4) is 0 Å². The van der Waals surface area contributed by atoms with Crippen molar-refractivity contribution in [3.05, 3.63) is 239 Å². The number of aliphatic carboxylic acids is 4. The standard InChI is InChI=1S/C35H34O6.C31H26O4.2C9H12O6.C4H4O3.CH4/c1-3-26(36)16-21-34(38)41-23-27(37)22-40-29-19-14-25(15-20-29)35(24-12-17-28(39-2)18-13-24)32-10-6-4-8-30(32)31-9-5-7-11-33(31)35;1-3-7-29-27(5-1)28-6-2-4-8-30(28)31(29,21-9-13-23(14-10-21)32-17-25-19-34-25)22-11-15-24(16-12-22)33-18-26-20-35-26;2*10-6(1-3-8(12)13)5-7(11)2-4-9(14)15;5-3-1-2-4(6)7-3;/h4-15,17-20,27,37H,3,16,21-23H2,1-2H3;1-16,25-26H,17-20H2;2*1-5H2,(H,12,13)(H,14,15);1-2H2;1H4. The molecule has 0 amide bonds. The number of hydrogen-bond donors (Lipinski definition) is 5. The van der Waals surface area contributed by atoms with Crippen molar-refractivity contribution in [2.75, 3.05) is 46.8 Å². The van der Waals surface area contributed by atoms with Crippen LogP contribution in [0.4, 0.5) is 0 Å². The molecule has 3 fully saturated rings. The largest absolute Gasteiger partial charge is 0.497 e. The molecule has 3 heterocycles. The Bertz CT molecular complexity index is 4410. The summed E-state index contributed by atoms with van der Waals surface area (Å²) in [6, 6.07) is 67.9. The third-order valence-corrected chi connectivity index (χ3v) is 18.9. The number of epoxide rings is 2. The second-order valence-electron chi connectivity index (χ2n) is 27.0. The molecule has 25 nitrogen and oxygen atoms in total. The van der Waals surface area contributed by atoms with Gasteiger partial charge in [-0.15, -0.1) is 0 Å². The maximum Gasteiger partial charge on any atom is 0.314 e. The number of esters is 3. The molecule has 2 aliphatic carbocycles. The van der Waals surface area contributed by atoms with Crippen LogP contribution in [-0.2, 0) is 87.3 Å². The van der Waals surface area contributed by atoms with Crippen molar-refractivity contribution in [2.45, 2.75) is 140 Å². The summed E-state index contributed by atoms with van der Waals surface area (Å²) >= 11 is 0. The van der Waals surface area contributed by atoms with E-state index in [0.717, 1.165) is 41.6 Å². The summed E-state index contributed by atoms with van der Waals surface area (Å²) < 4.78 is 42.9. The lowest BCUT2D eigenvalue weighted by Gasteiger charge is -2.34. The molecule has 114 heavy (non-hydrogen) atoms. The number of carboxylic acids is 4. The molecular formula is C89H92O25. The van der Waals surface area contributed by atoms with Crippen LogP contribution in [0.2, 0.25) is 0 Å². The van der Waals surface area contributed by atoms with Gasteiger partial charge in [-0.3, -0.25) is 57.5 Å². The highest BCUT2D eigenvalue weighted by atomic mass is 16.6. The molecular weight excluding hydrogens is 1470 g/mol. The van der Waals surface area contributed by atoms with Crippen LogP contribution in [-0.4, -0.2) is 161 Å². The average molecular weight is 1560 g/mol. The molecule has 8 aromatic carbocycles. The molecule has 0 bridgehead atoms. The van der Waals surface area contributed by atoms with Gasteiger partial charge in [-0.1, -0.05) is 160 Å². The Kier molecular flexibility index (Phi) is 32.4. The number of fused-ring (bicyclic) bond motifs is 6. The maximum atomic E-state index is 11.8. The van der Waals surface area contributed by atoms with Crippen molar-refractivity contribution >= 4 is 70.7 Å². The lowest BCUT2D eigenvalue weighted by molar-refractivity contribution is -0.152. The summed E-state index contributed by atoms with van der Waals surface area (Å²) in [4.78, 5) is 127. The second kappa shape index (κ2) is 42.4. The van der Waals surface area contributed by atoms with Crippen molar-refractivity contribution in [3.8, 4) is 45.3 Å². The fraction of sp³-hybridized carbons (Fsp3) is 0.326. The highest BCUT2D eigenvalue weighted by molar-refractivity contribution is 6.01. The van der Waals surface area contributed by atoms with Crippen LogP contribution < -0.4 is 18.9 Å². The number of ketones is 5. The van der Waals surface area contributed by atoms with E-state index in [1.165, 1.54) is 55.6 Å². The van der Waals surface area contributed by atoms with E-state index in [4.69, 9.17) is 53.6 Å². The molecule has 25 heteroatoms. The molecule has 3 saturated heterocycles. The average Bonchev–Trinajstić information content (AvgIpc) is 1.54. The number of ether oxygens (including phenoxy) is 8. The summed E-state index contributed by atoms with van der Waals surface area (Å²) in [6.45, 7) is 4.32. The number of hydrogen-bond acceptors (Lipinski definition) is 21. The Morgan fingerprint density at radius 1 is 0.395 bits per heavy atom. The van der Waals surface area contributed by atoms with Crippen LogP contribution in [0.15, 0.2) is 194 Å². The normalized spacial score (nSPS) is 14.9. The molecule has 0 radical (unpaired) electrons. The molecule has 3 aliphatic heterocycles. The van der Waals surface area contributed by atoms with Crippen LogP contribution >= 0.6 is 0 Å². The Labute approximate surface area is 659 Å². The van der Waals surface area contributed by atoms with E-state index in [2.05, 4.69) is 175 Å². The van der Waals surface area contributed by atoms with Gasteiger partial charge >= 0.3 is 41.8 Å². The van der Waals surface area contributed by atoms with E-state index in [1.807, 2.05) is 24.3 Å². The highest BCUT2D eigenvalue weighted by Crippen LogP contribution is 2.58. The predicted molar refractivity (Wildman–Crippen MR) is 415 cm³/mol. The van der Waals surface area contributed by atoms with Crippen molar-refractivity contribution in [1.82, 2.24) is 0 Å². The van der Waals surface area contributed by atoms with E-state index in [-0.39, 0.29) is 129 Å². The lowest BCUT2D eigenvalue weighted by atomic mass is 9.68. The van der Waals surface area contributed by atoms with Gasteiger partial charge in [-0.2, -0.15) is 0 Å². The summed E-state index contributed by atoms with van der Waals surface area (Å²) in [7, 11) is 1.67. The molecule has 0 saturated carbocycles. The molecule has 8 aromatic rings. The first-order chi connectivity index (χ1) is 54.4. The smallest absolute Gasteiger partial charge is 0.314 e. The fourth-order valence-corrected chi connectivity index (χ4v) is 13.1. The second-order valence-corrected chi connectivity index (χ2v) is 27.0. The minimum Gasteiger partial charge on any atom is -0.497 e. The number of rotatable bonds is 36. The van der Waals surface area contributed by atoms with Gasteiger partial charge in [0.15, 0.2) is 0 Å². The Morgan fingerprint density at radius 3 is 0.956 bits per heavy atom. The van der Waals surface area contributed by atoms with Crippen molar-refractivity contribution in [3.63, 3.8) is 0 Å². The Balaban J connectivity index is 0.000000199. The Morgan fingerprint density at radius 2 is 0.684 bits per heavy atom. The van der Waals surface area contributed by atoms with E-state index in [9.17, 15) is 62.6 Å². The summed E-state index contributed by atoms with van der Waals surface area (Å²) in [5, 5.41) is 43.3. The highest BCUT2D eigenvalue weighted by Gasteiger charge is 2.48. The van der Waals surface area contributed by atoms with Gasteiger partial charge in [0, 0.05) is 38.5 Å². The first kappa shape index (κ1) is 87.3. The number of aliphatic hydroxyl groups is 1. The van der Waals surface area contributed by atoms with Crippen LogP contribution in [0.25, 0.3) is 22.3 Å². The lowest BCUT2D eigenvalue weighted by Crippen LogP contribution is -2.28. The minimum absolute atomic E-state index is 0. The topological polar surface area (TPSA) is 386 Å². The van der Waals surface area contributed by atoms with E-state index in [1.54, 1.807) is 14.0 Å². The maximum absolute atomic E-state index is 11.8. The van der Waals surface area contributed by atoms with Gasteiger partial charge in [-0.25, -0.2) is 0 Å². The summed E-state index contributed by atoms with van der Waals surface area (Å²) in [6.07, 6.45) is -2.12. The predicted octanol–water partition coefficient (Wildman–Crippen LogP) is 12.7. The summed E-state index contributed by atoms with van der Waals surface area (Å²) in [5.41, 5.74) is 13.6. The monoisotopic (exact) mass is 1560 g/mol. The zero-order chi connectivity index (χ0) is 81.0. The van der Waals surface area contributed by atoms with E-state index < -0.39 is 81.9 Å². The van der Waals surface area contributed by atoms with Gasteiger partial charge in [-0.05, 0) is 115 Å². The van der Waals surface area contributed by atoms with Crippen molar-refractivity contribution < 1.29 is 121 Å². The molecule has 5 N–H and O–H groups in total. The van der Waals surface area contributed by atoms with Gasteiger partial charge in [0.05, 0.1) is 88.9 Å². The third-order valence-electron chi connectivity index (χ3n) is 18.9. The van der Waals surface area contributed by atoms with Gasteiger partial charge in [0.25, 0.3) is 0 Å². The summed E-state index contributed by atoms with van der Waals surface area (Å²) in [5.74, 6) is -4.41. The fourth-order valence-electron chi connectivity index (χ4n) is 13.1. The Hall–Kier alpha value is -12.3. The zero-order valence-electron chi connectivity index (χ0n) is 62.5. The first-order valence-electron chi connectivity index (χ1n) is 36.9. The van der Waals surface area contributed by atoms with Gasteiger partial charge in [0.1, 0.15) is 96.7 Å². The number of aliphatic hydroxyl groups excluding tert-OH is 1. The molecule has 13 rings (SSSR count). The van der Waals surface area contributed by atoms with E-state index >= 15 is 0 Å². The third kappa shape index (κ3) is 24.3. The minimum atomic E-state index is -1.10. The van der Waals surface area contributed by atoms with Crippen LogP contribution in [0.5, 0.6) is 23.0 Å². The number of carboxylic acid groups (broad SMARTS) is 4. The number of cyclic esters (lactones) is 2. The molecule has 3 atom stereocenters. The van der Waals surface area contributed by atoms with Crippen LogP contribution in [0.1, 0.15) is 155 Å². The van der Waals surface area contributed by atoms with Crippen LogP contribution in [0, 0.1) is 0 Å². The zero-order valence-corrected chi connectivity index (χ0v) is 62.5. The first-order valence-corrected chi connectivity index (χ1v) is 36.9. The molecule has 5 aliphatic rings. The number of carbonyl (C=O) groups excluding carboxylic acids is 8. The van der Waals surface area contributed by atoms with Crippen molar-refractivity contribution in [2.24, 2.45) is 0 Å². The molecule has 598 valence electrons. The number of carbonyl (C=O) groups is 12. The quantitative estimate of drug-likeness (QED) is 0.0138. The number of methoxy groups -OCH3 is 1. The van der Waals surface area contributed by atoms with Gasteiger partial charge in [0.2, 0.25) is 0 Å². The molecule has 3 unspecified atom stereocenters. The number of Topliss-reactive ketones (excluding diaryl/α,β-unsaturated/α-hetero) is 5. The SMILES string of the molecule is C.CCC(=O)CCC(=O)OCC(O)COc1ccc(C2(c3ccc(OC)cc3)c3ccccc3-c3ccccc32)cc1.O=C(O)CCC(=O)CC(=O)CCC(=O)O.O=C(O)CCC(=O)CC(=O)CCC(=O)O.O=C1CCC(=O)O1.c1ccc2c(c1)-c1ccccc1C2(c1ccc(OCC2CO2)cc1)c1ccc(OCC2CO2)cc1. The van der Waals surface area contributed by atoms with Crippen molar-refractivity contribution in [1.29, 1.82) is 0 Å². The van der Waals surface area contributed by atoms with Gasteiger partial charge < -0.3 is 63.4 Å². The molecule has 0 spiro atoms. The number of benzene rings is 8.